The highest BCUT2D eigenvalue weighted by Gasteiger charge is 2.18. The number of quaternary nitrogens is 1. The van der Waals surface area contributed by atoms with Crippen LogP contribution >= 0.6 is 12.2 Å². The average Bonchev–Trinajstić information content (AvgIpc) is 2.56. The second kappa shape index (κ2) is 11.2. The maximum absolute atomic E-state index is 12.2. The van der Waals surface area contributed by atoms with Crippen LogP contribution in [0.25, 0.3) is 0 Å². The maximum atomic E-state index is 12.2. The Morgan fingerprint density at radius 1 is 1.31 bits per heavy atom. The van der Waals surface area contributed by atoms with Crippen molar-refractivity contribution in [1.29, 1.82) is 0 Å². The summed E-state index contributed by atoms with van der Waals surface area (Å²) < 4.78 is 0. The number of thiocarbonyl (C=S) groups is 1. The lowest BCUT2D eigenvalue weighted by molar-refractivity contribution is -0.686. The SMILES string of the molecule is C=CCNC(=S)Nc1cccc(NC(=O)C[C@@H]([NH2+]CC(C)C)C(=O)[O-])c1. The van der Waals surface area contributed by atoms with Crippen LogP contribution in [0.5, 0.6) is 0 Å². The number of benzene rings is 1. The van der Waals surface area contributed by atoms with E-state index in [1.807, 2.05) is 13.8 Å². The normalized spacial score (nSPS) is 11.5. The van der Waals surface area contributed by atoms with Crippen molar-refractivity contribution in [3.05, 3.63) is 36.9 Å². The molecule has 0 fully saturated rings. The van der Waals surface area contributed by atoms with Crippen LogP contribution in [-0.4, -0.2) is 36.1 Å². The van der Waals surface area contributed by atoms with Crippen LogP contribution in [0.4, 0.5) is 11.4 Å². The highest BCUT2D eigenvalue weighted by atomic mass is 32.1. The van der Waals surface area contributed by atoms with E-state index in [1.54, 1.807) is 35.7 Å². The summed E-state index contributed by atoms with van der Waals surface area (Å²) in [6.45, 7) is 8.72. The van der Waals surface area contributed by atoms with Crippen molar-refractivity contribution in [2.24, 2.45) is 5.92 Å². The highest BCUT2D eigenvalue weighted by molar-refractivity contribution is 7.80. The Hall–Kier alpha value is -2.45. The molecule has 0 saturated heterocycles. The molecule has 0 radical (unpaired) electrons. The number of hydrogen-bond donors (Lipinski definition) is 4. The zero-order chi connectivity index (χ0) is 19.5. The summed E-state index contributed by atoms with van der Waals surface area (Å²) in [5.41, 5.74) is 1.25. The lowest BCUT2D eigenvalue weighted by Gasteiger charge is -2.17. The highest BCUT2D eigenvalue weighted by Crippen LogP contribution is 2.15. The number of carboxylic acids is 1. The molecule has 26 heavy (non-hydrogen) atoms. The van der Waals surface area contributed by atoms with Crippen LogP contribution in [0.15, 0.2) is 36.9 Å². The molecule has 8 heteroatoms. The van der Waals surface area contributed by atoms with E-state index in [0.29, 0.717) is 35.5 Å². The van der Waals surface area contributed by atoms with Gasteiger partial charge in [-0.2, -0.15) is 0 Å². The van der Waals surface area contributed by atoms with Gasteiger partial charge in [0.05, 0.1) is 18.9 Å². The van der Waals surface area contributed by atoms with Crippen LogP contribution < -0.4 is 26.4 Å². The van der Waals surface area contributed by atoms with E-state index in [2.05, 4.69) is 22.5 Å². The van der Waals surface area contributed by atoms with Gasteiger partial charge in [0.2, 0.25) is 5.91 Å². The van der Waals surface area contributed by atoms with Gasteiger partial charge in [-0.25, -0.2) is 0 Å². The predicted molar refractivity (Wildman–Crippen MR) is 105 cm³/mol. The van der Waals surface area contributed by atoms with Crippen LogP contribution in [0.2, 0.25) is 0 Å². The van der Waals surface area contributed by atoms with Crippen molar-refractivity contribution in [3.63, 3.8) is 0 Å². The van der Waals surface area contributed by atoms with E-state index < -0.39 is 12.0 Å². The summed E-state index contributed by atoms with van der Waals surface area (Å²) in [5.74, 6) is -1.31. The smallest absolute Gasteiger partial charge is 0.230 e. The topological polar surface area (TPSA) is 110 Å². The van der Waals surface area contributed by atoms with Crippen molar-refractivity contribution in [1.82, 2.24) is 5.32 Å². The Morgan fingerprint density at radius 2 is 1.96 bits per heavy atom. The minimum Gasteiger partial charge on any atom is -0.544 e. The molecule has 1 amide bonds. The Bertz CT molecular complexity index is 649. The largest absolute Gasteiger partial charge is 0.544 e. The van der Waals surface area contributed by atoms with E-state index in [0.717, 1.165) is 0 Å². The third-order valence-electron chi connectivity index (χ3n) is 3.41. The van der Waals surface area contributed by atoms with Crippen molar-refractivity contribution >= 4 is 40.6 Å². The third kappa shape index (κ3) is 8.59. The van der Waals surface area contributed by atoms with Crippen molar-refractivity contribution in [3.8, 4) is 0 Å². The standard InChI is InChI=1S/C18H26N4O3S/c1-4-8-19-18(26)22-14-7-5-6-13(9-14)21-16(23)10-15(17(24)25)20-11-12(2)3/h4-7,9,12,15,20H,1,8,10-11H2,2-3H3,(H,21,23)(H,24,25)(H2,19,22,26)/t15-/m1/s1. The van der Waals surface area contributed by atoms with Gasteiger partial charge in [0.1, 0.15) is 6.04 Å². The summed E-state index contributed by atoms with van der Waals surface area (Å²) >= 11 is 5.13. The summed E-state index contributed by atoms with van der Waals surface area (Å²) in [6, 6.07) is 6.09. The van der Waals surface area contributed by atoms with Crippen molar-refractivity contribution in [2.75, 3.05) is 23.7 Å². The molecule has 0 aliphatic rings. The molecular weight excluding hydrogens is 352 g/mol. The first-order valence-electron chi connectivity index (χ1n) is 8.41. The second-order valence-electron chi connectivity index (χ2n) is 6.25. The maximum Gasteiger partial charge on any atom is 0.230 e. The van der Waals surface area contributed by atoms with E-state index >= 15 is 0 Å². The number of hydrogen-bond acceptors (Lipinski definition) is 4. The number of aliphatic carboxylic acids is 1. The van der Waals surface area contributed by atoms with E-state index in [4.69, 9.17) is 12.2 Å². The minimum atomic E-state index is -1.24. The van der Waals surface area contributed by atoms with Gasteiger partial charge >= 0.3 is 0 Å². The molecule has 0 heterocycles. The first-order valence-corrected chi connectivity index (χ1v) is 8.82. The van der Waals surface area contributed by atoms with Gasteiger partial charge in [-0.1, -0.05) is 26.0 Å². The number of nitrogens with two attached hydrogens (primary N) is 1. The zero-order valence-electron chi connectivity index (χ0n) is 15.1. The summed E-state index contributed by atoms with van der Waals surface area (Å²) in [7, 11) is 0. The van der Waals surface area contributed by atoms with E-state index in [9.17, 15) is 14.7 Å². The number of anilines is 2. The van der Waals surface area contributed by atoms with Gasteiger partial charge in [-0.3, -0.25) is 4.79 Å². The summed E-state index contributed by atoms with van der Waals surface area (Å²) in [4.78, 5) is 23.4. The fraction of sp³-hybridized carbons (Fsp3) is 0.389. The summed E-state index contributed by atoms with van der Waals surface area (Å²) in [6.07, 6.45) is 1.53. The fourth-order valence-corrected chi connectivity index (χ4v) is 2.33. The number of carbonyl (C=O) groups excluding carboxylic acids is 2. The number of carbonyl (C=O) groups is 2. The number of carboxylic acid groups (broad SMARTS) is 1. The van der Waals surface area contributed by atoms with Gasteiger partial charge in [-0.15, -0.1) is 6.58 Å². The minimum absolute atomic E-state index is 0.161. The molecule has 5 N–H and O–H groups in total. The number of nitrogens with one attached hydrogen (secondary N) is 3. The Balaban J connectivity index is 2.62. The van der Waals surface area contributed by atoms with E-state index in [1.165, 1.54) is 0 Å². The quantitative estimate of drug-likeness (QED) is 0.332. The van der Waals surface area contributed by atoms with Crippen molar-refractivity contribution < 1.29 is 20.0 Å². The lowest BCUT2D eigenvalue weighted by Crippen LogP contribution is -2.94. The third-order valence-corrected chi connectivity index (χ3v) is 3.66. The van der Waals surface area contributed by atoms with Crippen LogP contribution in [-0.2, 0) is 9.59 Å². The van der Waals surface area contributed by atoms with E-state index in [-0.39, 0.29) is 12.3 Å². The fourth-order valence-electron chi connectivity index (χ4n) is 2.13. The van der Waals surface area contributed by atoms with Crippen LogP contribution in [0.1, 0.15) is 20.3 Å². The Morgan fingerprint density at radius 3 is 2.54 bits per heavy atom. The molecule has 1 rings (SSSR count). The molecule has 1 atom stereocenters. The lowest BCUT2D eigenvalue weighted by atomic mass is 10.1. The van der Waals surface area contributed by atoms with Gasteiger partial charge in [0, 0.05) is 23.8 Å². The molecule has 0 unspecified atom stereocenters. The Labute approximate surface area is 159 Å². The first-order chi connectivity index (χ1) is 12.3. The zero-order valence-corrected chi connectivity index (χ0v) is 15.9. The number of rotatable bonds is 10. The van der Waals surface area contributed by atoms with Crippen molar-refractivity contribution in [2.45, 2.75) is 26.3 Å². The molecule has 1 aromatic rings. The Kier molecular flexibility index (Phi) is 9.32. The average molecular weight is 378 g/mol. The van der Waals surface area contributed by atoms with Gasteiger partial charge in [-0.05, 0) is 30.4 Å². The van der Waals surface area contributed by atoms with Gasteiger partial charge < -0.3 is 31.2 Å². The van der Waals surface area contributed by atoms with Gasteiger partial charge in [0.15, 0.2) is 5.11 Å². The van der Waals surface area contributed by atoms with Gasteiger partial charge in [0.25, 0.3) is 0 Å². The molecular formula is C18H26N4O3S. The van der Waals surface area contributed by atoms with Crippen LogP contribution in [0, 0.1) is 5.92 Å². The molecule has 0 bridgehead atoms. The monoisotopic (exact) mass is 378 g/mol. The first kappa shape index (κ1) is 21.6. The molecule has 0 aromatic heterocycles. The molecule has 0 saturated carbocycles. The van der Waals surface area contributed by atoms with Crippen LogP contribution in [0.3, 0.4) is 0 Å². The molecule has 1 aromatic carbocycles. The molecule has 0 spiro atoms. The number of amides is 1. The molecule has 7 nitrogen and oxygen atoms in total. The summed E-state index contributed by atoms with van der Waals surface area (Å²) in [5, 5.41) is 21.9. The molecule has 0 aliphatic carbocycles. The second-order valence-corrected chi connectivity index (χ2v) is 6.66. The molecule has 142 valence electrons. The molecule has 0 aliphatic heterocycles. The predicted octanol–water partition coefficient (Wildman–Crippen LogP) is -0.174.